The molecule has 37 heavy (non-hydrogen) atoms. The summed E-state index contributed by atoms with van der Waals surface area (Å²) in [4.78, 5) is 13.8. The number of hydrogen-bond donors (Lipinski definition) is 0. The van der Waals surface area contributed by atoms with Crippen molar-refractivity contribution in [2.45, 2.75) is 51.4 Å². The second kappa shape index (κ2) is 11.0. The molecule has 0 amide bonds. The van der Waals surface area contributed by atoms with E-state index >= 15 is 0 Å². The summed E-state index contributed by atoms with van der Waals surface area (Å²) in [6.45, 7) is 9.37. The van der Waals surface area contributed by atoms with Crippen LogP contribution in [0, 0.1) is 12.1 Å². The Morgan fingerprint density at radius 2 is 1.22 bits per heavy atom. The number of aromatic nitrogens is 3. The fourth-order valence-corrected chi connectivity index (χ4v) is 4.83. The molecule has 0 N–H and O–H groups in total. The molecule has 3 aromatic carbocycles. The quantitative estimate of drug-likeness (QED) is 0.180. The fourth-order valence-electron chi connectivity index (χ4n) is 4.83. The first-order valence-corrected chi connectivity index (χ1v) is 12.5. The Morgan fingerprint density at radius 1 is 0.649 bits per heavy atom. The molecule has 5 aromatic rings. The minimum Gasteiger partial charge on any atom is -0.305 e. The van der Waals surface area contributed by atoms with Gasteiger partial charge >= 0.3 is 0 Å². The van der Waals surface area contributed by atoms with Gasteiger partial charge in [0.1, 0.15) is 0 Å². The van der Waals surface area contributed by atoms with Gasteiger partial charge in [-0.25, -0.2) is 0 Å². The van der Waals surface area contributed by atoms with Crippen molar-refractivity contribution >= 4 is 11.0 Å². The molecular weight excluding hydrogens is 631 g/mol. The second-order valence-corrected chi connectivity index (χ2v) is 10.7. The zero-order valence-electron chi connectivity index (χ0n) is 21.7. The van der Waals surface area contributed by atoms with Gasteiger partial charge in [-0.2, -0.15) is 0 Å². The molecule has 0 saturated heterocycles. The van der Waals surface area contributed by atoms with Crippen LogP contribution in [0.4, 0.5) is 0 Å². The number of fused-ring (bicyclic) bond motifs is 2. The Hall–Kier alpha value is -3.20. The van der Waals surface area contributed by atoms with Crippen LogP contribution in [-0.2, 0) is 30.9 Å². The summed E-state index contributed by atoms with van der Waals surface area (Å²) >= 11 is 0. The van der Waals surface area contributed by atoms with Crippen molar-refractivity contribution in [3.63, 3.8) is 0 Å². The minimum atomic E-state index is 0. The minimum absolute atomic E-state index is 0. The summed E-state index contributed by atoms with van der Waals surface area (Å²) in [5, 5.41) is 0. The Labute approximate surface area is 233 Å². The van der Waals surface area contributed by atoms with Crippen molar-refractivity contribution in [1.29, 1.82) is 0 Å². The molecule has 0 fully saturated rings. The van der Waals surface area contributed by atoms with Crippen molar-refractivity contribution in [2.75, 3.05) is 0 Å². The van der Waals surface area contributed by atoms with Gasteiger partial charge in [-0.05, 0) is 58.7 Å². The van der Waals surface area contributed by atoms with Crippen LogP contribution >= 0.6 is 0 Å². The first kappa shape index (κ1) is 26.9. The van der Waals surface area contributed by atoms with E-state index in [2.05, 4.69) is 56.9 Å². The molecule has 0 spiro atoms. The maximum Gasteiger partial charge on any atom is 0.0870 e. The molecule has 0 saturated carbocycles. The predicted molar refractivity (Wildman–Crippen MR) is 148 cm³/mol. The summed E-state index contributed by atoms with van der Waals surface area (Å²) in [5.41, 5.74) is 9.10. The largest absolute Gasteiger partial charge is 0.305 e. The SMILES string of the molecule is CC1(C)CCC(C)(C)c2cc3nc(-c4[c-]cccc4)cnc3cc21.[Ir].[c-]1ccccc1-c1ccccn1. The molecule has 189 valence electrons. The summed E-state index contributed by atoms with van der Waals surface area (Å²) in [7, 11) is 0. The van der Waals surface area contributed by atoms with E-state index in [0.29, 0.717) is 0 Å². The summed E-state index contributed by atoms with van der Waals surface area (Å²) in [5.74, 6) is 0. The smallest absolute Gasteiger partial charge is 0.0870 e. The Balaban J connectivity index is 0.000000208. The van der Waals surface area contributed by atoms with E-state index in [-0.39, 0.29) is 30.9 Å². The molecule has 3 nitrogen and oxygen atoms in total. The normalized spacial score (nSPS) is 15.0. The second-order valence-electron chi connectivity index (χ2n) is 10.7. The molecule has 0 bridgehead atoms. The van der Waals surface area contributed by atoms with Gasteiger partial charge in [0, 0.05) is 38.2 Å². The number of hydrogen-bond acceptors (Lipinski definition) is 3. The van der Waals surface area contributed by atoms with Crippen molar-refractivity contribution in [3.05, 3.63) is 115 Å². The average Bonchev–Trinajstić information content (AvgIpc) is 2.92. The maximum absolute atomic E-state index is 4.87. The van der Waals surface area contributed by atoms with Crippen LogP contribution in [0.5, 0.6) is 0 Å². The molecule has 0 atom stereocenters. The van der Waals surface area contributed by atoms with Crippen molar-refractivity contribution in [2.24, 2.45) is 0 Å². The van der Waals surface area contributed by atoms with Crippen LogP contribution in [0.1, 0.15) is 51.7 Å². The van der Waals surface area contributed by atoms with E-state index < -0.39 is 0 Å². The standard InChI is InChI=1S/C22H23N2.C11H8N.Ir/c1-21(2)10-11-22(3,4)17-13-19-18(12-16(17)21)23-14-20(24-19)15-8-6-5-7-9-15;1-2-6-10(7-3-1)11-8-4-5-9-12-11;/h5-8,12-14H,10-11H2,1-4H3;1-6,8-9H;/q2*-1;. The van der Waals surface area contributed by atoms with Gasteiger partial charge in [-0.3, -0.25) is 9.97 Å². The number of pyridine rings is 1. The zero-order chi connectivity index (χ0) is 25.2. The predicted octanol–water partition coefficient (Wildman–Crippen LogP) is 7.99. The van der Waals surface area contributed by atoms with Crippen molar-refractivity contribution < 1.29 is 20.1 Å². The Morgan fingerprint density at radius 3 is 1.76 bits per heavy atom. The first-order chi connectivity index (χ1) is 17.3. The first-order valence-electron chi connectivity index (χ1n) is 12.5. The molecule has 0 aliphatic heterocycles. The number of nitrogens with zero attached hydrogens (tertiary/aromatic N) is 3. The zero-order valence-corrected chi connectivity index (χ0v) is 24.1. The molecule has 0 unspecified atom stereocenters. The molecule has 1 aliphatic rings. The van der Waals surface area contributed by atoms with Crippen LogP contribution in [0.3, 0.4) is 0 Å². The molecule has 2 heterocycles. The van der Waals surface area contributed by atoms with Crippen LogP contribution in [0.15, 0.2) is 91.3 Å². The van der Waals surface area contributed by atoms with Crippen LogP contribution < -0.4 is 0 Å². The third kappa shape index (κ3) is 5.87. The topological polar surface area (TPSA) is 38.7 Å². The fraction of sp³-hybridized carbons (Fsp3) is 0.242. The third-order valence-corrected chi connectivity index (χ3v) is 7.15. The van der Waals surface area contributed by atoms with Crippen molar-refractivity contribution in [3.8, 4) is 22.5 Å². The molecule has 2 aromatic heterocycles. The van der Waals surface area contributed by atoms with Gasteiger partial charge in [0.25, 0.3) is 0 Å². The van der Waals surface area contributed by atoms with Gasteiger partial charge in [0.15, 0.2) is 0 Å². The molecule has 4 heteroatoms. The molecule has 1 radical (unpaired) electrons. The molecule has 1 aliphatic carbocycles. The maximum atomic E-state index is 4.87. The average molecular weight is 662 g/mol. The van der Waals surface area contributed by atoms with E-state index in [1.54, 1.807) is 6.20 Å². The summed E-state index contributed by atoms with van der Waals surface area (Å²) in [6.07, 6.45) is 6.07. The summed E-state index contributed by atoms with van der Waals surface area (Å²) in [6, 6.07) is 32.5. The Kier molecular flexibility index (Phi) is 8.02. The van der Waals surface area contributed by atoms with Crippen LogP contribution in [0.2, 0.25) is 0 Å². The van der Waals surface area contributed by atoms with Gasteiger partial charge in [0.05, 0.1) is 11.0 Å². The third-order valence-electron chi connectivity index (χ3n) is 7.15. The van der Waals surface area contributed by atoms with Crippen molar-refractivity contribution in [1.82, 2.24) is 15.0 Å². The van der Waals surface area contributed by atoms with E-state index in [1.165, 1.54) is 24.0 Å². The van der Waals surface area contributed by atoms with Gasteiger partial charge in [0.2, 0.25) is 0 Å². The van der Waals surface area contributed by atoms with E-state index in [9.17, 15) is 0 Å². The van der Waals surface area contributed by atoms with Gasteiger partial charge in [-0.1, -0.05) is 39.8 Å². The number of rotatable bonds is 2. The van der Waals surface area contributed by atoms with Crippen LogP contribution in [0.25, 0.3) is 33.5 Å². The van der Waals surface area contributed by atoms with Crippen LogP contribution in [-0.4, -0.2) is 15.0 Å². The molecular formula is C33H31IrN3-2. The van der Waals surface area contributed by atoms with E-state index in [1.807, 2.05) is 72.9 Å². The van der Waals surface area contributed by atoms with Gasteiger partial charge in [-0.15, -0.1) is 71.8 Å². The number of benzene rings is 3. The molecule has 6 rings (SSSR count). The Bertz CT molecular complexity index is 1430. The summed E-state index contributed by atoms with van der Waals surface area (Å²) < 4.78 is 0. The van der Waals surface area contributed by atoms with E-state index in [0.717, 1.165) is 33.5 Å². The van der Waals surface area contributed by atoms with E-state index in [4.69, 9.17) is 9.97 Å². The monoisotopic (exact) mass is 662 g/mol. The van der Waals surface area contributed by atoms with Gasteiger partial charge < -0.3 is 4.98 Å².